The quantitative estimate of drug-likeness (QED) is 0.163. The third-order valence-electron chi connectivity index (χ3n) is 5.59. The highest BCUT2D eigenvalue weighted by Gasteiger charge is 2.12. The topological polar surface area (TPSA) is 74.9 Å². The minimum atomic E-state index is 0.0310. The Hall–Kier alpha value is -3.44. The Kier molecular flexibility index (Phi) is 9.13. The van der Waals surface area contributed by atoms with Gasteiger partial charge in [-0.15, -0.1) is 0 Å². The molecule has 0 saturated heterocycles. The number of aromatic nitrogens is 2. The molecular formula is C29H30ClN5OS. The molecule has 1 heterocycles. The van der Waals surface area contributed by atoms with Gasteiger partial charge in [0.1, 0.15) is 5.75 Å². The number of nitrogens with zero attached hydrogens (tertiary/aromatic N) is 3. The van der Waals surface area contributed by atoms with Gasteiger partial charge >= 0.3 is 0 Å². The van der Waals surface area contributed by atoms with Crippen LogP contribution in [-0.4, -0.2) is 35.2 Å². The predicted molar refractivity (Wildman–Crippen MR) is 154 cm³/mol. The van der Waals surface area contributed by atoms with E-state index in [4.69, 9.17) is 21.4 Å². The summed E-state index contributed by atoms with van der Waals surface area (Å²) in [5.74, 6) is 1.62. The molecule has 0 aliphatic rings. The van der Waals surface area contributed by atoms with Crippen LogP contribution in [0.1, 0.15) is 25.0 Å². The van der Waals surface area contributed by atoms with Gasteiger partial charge in [0, 0.05) is 34.8 Å². The van der Waals surface area contributed by atoms with E-state index in [1.54, 1.807) is 18.0 Å². The first-order valence-corrected chi connectivity index (χ1v) is 13.5. The number of ether oxygens (including phenoxy) is 1. The smallest absolute Gasteiger partial charge is 0.121 e. The van der Waals surface area contributed by atoms with Crippen LogP contribution in [0.5, 0.6) is 5.75 Å². The van der Waals surface area contributed by atoms with Crippen LogP contribution in [0.15, 0.2) is 72.9 Å². The van der Waals surface area contributed by atoms with Crippen molar-refractivity contribution in [2.45, 2.75) is 26.5 Å². The number of nitrogens with one attached hydrogen (secondary N) is 2. The fourth-order valence-corrected chi connectivity index (χ4v) is 4.54. The Morgan fingerprint density at radius 2 is 1.84 bits per heavy atom. The van der Waals surface area contributed by atoms with Crippen molar-refractivity contribution in [1.82, 2.24) is 14.5 Å². The van der Waals surface area contributed by atoms with Crippen LogP contribution >= 0.6 is 23.5 Å². The zero-order valence-electron chi connectivity index (χ0n) is 21.2. The van der Waals surface area contributed by atoms with E-state index in [0.717, 1.165) is 45.9 Å². The Labute approximate surface area is 227 Å². The highest BCUT2D eigenvalue weighted by Crippen LogP contribution is 2.33. The lowest BCUT2D eigenvalue weighted by Gasteiger charge is -2.13. The Balaban J connectivity index is 1.63. The number of benzene rings is 3. The SMILES string of the molecule is CNSCCNc1ccc(-c2ccc(Cl)cc2)cc1-c1ccn(Cc2cc(C#N)cc(OC(C)C)c2)n1. The van der Waals surface area contributed by atoms with Gasteiger partial charge in [-0.05, 0) is 86.1 Å². The highest BCUT2D eigenvalue weighted by atomic mass is 35.5. The normalized spacial score (nSPS) is 10.9. The van der Waals surface area contributed by atoms with Gasteiger partial charge < -0.3 is 10.1 Å². The van der Waals surface area contributed by atoms with Crippen LogP contribution in [0, 0.1) is 11.3 Å². The van der Waals surface area contributed by atoms with Crippen LogP contribution in [0.25, 0.3) is 22.4 Å². The molecular weight excluding hydrogens is 502 g/mol. The zero-order valence-corrected chi connectivity index (χ0v) is 22.7. The summed E-state index contributed by atoms with van der Waals surface area (Å²) < 4.78 is 10.8. The standard InChI is InChI=1S/C29H30ClN5OS/c1-20(2)36-26-15-21(18-31)14-22(16-26)19-35-12-10-29(34-35)27-17-24(23-4-7-25(30)8-5-23)6-9-28(27)33-11-13-37-32-3/h4-10,12,14-17,20,32-33H,11,13,19H2,1-3H3. The Bertz CT molecular complexity index is 1380. The third kappa shape index (κ3) is 7.30. The first-order valence-electron chi connectivity index (χ1n) is 12.1. The van der Waals surface area contributed by atoms with Gasteiger partial charge in [-0.2, -0.15) is 10.4 Å². The predicted octanol–water partition coefficient (Wildman–Crippen LogP) is 6.86. The minimum Gasteiger partial charge on any atom is -0.491 e. The number of halogens is 1. The van der Waals surface area contributed by atoms with Gasteiger partial charge in [-0.3, -0.25) is 9.40 Å². The fraction of sp³-hybridized carbons (Fsp3) is 0.241. The summed E-state index contributed by atoms with van der Waals surface area (Å²) in [7, 11) is 1.92. The molecule has 0 aliphatic heterocycles. The van der Waals surface area contributed by atoms with E-state index in [9.17, 15) is 5.26 Å². The second-order valence-corrected chi connectivity index (χ2v) is 10.3. The molecule has 3 aromatic carbocycles. The summed E-state index contributed by atoms with van der Waals surface area (Å²) in [4.78, 5) is 0. The molecule has 0 spiro atoms. The van der Waals surface area contributed by atoms with E-state index in [0.29, 0.717) is 22.9 Å². The van der Waals surface area contributed by atoms with Crippen molar-refractivity contribution in [1.29, 1.82) is 5.26 Å². The average Bonchev–Trinajstić information content (AvgIpc) is 3.34. The summed E-state index contributed by atoms with van der Waals surface area (Å²) in [6, 6.07) is 24.1. The number of rotatable bonds is 11. The van der Waals surface area contributed by atoms with Crippen LogP contribution in [0.3, 0.4) is 0 Å². The second-order valence-electron chi connectivity index (χ2n) is 8.79. The van der Waals surface area contributed by atoms with Crippen molar-refractivity contribution < 1.29 is 4.74 Å². The van der Waals surface area contributed by atoms with Crippen molar-refractivity contribution in [3.05, 3.63) is 89.1 Å². The molecule has 0 saturated carbocycles. The third-order valence-corrected chi connectivity index (χ3v) is 6.54. The maximum Gasteiger partial charge on any atom is 0.121 e. The Morgan fingerprint density at radius 1 is 1.05 bits per heavy atom. The first-order chi connectivity index (χ1) is 17.9. The summed E-state index contributed by atoms with van der Waals surface area (Å²) in [6.45, 7) is 5.29. The summed E-state index contributed by atoms with van der Waals surface area (Å²) in [5.41, 5.74) is 6.63. The molecule has 0 amide bonds. The van der Waals surface area contributed by atoms with E-state index in [-0.39, 0.29) is 6.10 Å². The maximum absolute atomic E-state index is 9.46. The van der Waals surface area contributed by atoms with Crippen molar-refractivity contribution in [2.24, 2.45) is 0 Å². The van der Waals surface area contributed by atoms with E-state index in [1.165, 1.54) is 0 Å². The van der Waals surface area contributed by atoms with Crippen molar-refractivity contribution in [3.63, 3.8) is 0 Å². The van der Waals surface area contributed by atoms with Crippen molar-refractivity contribution >= 4 is 29.2 Å². The molecule has 190 valence electrons. The lowest BCUT2D eigenvalue weighted by Crippen LogP contribution is -2.08. The van der Waals surface area contributed by atoms with Crippen LogP contribution in [0.4, 0.5) is 5.69 Å². The number of nitriles is 1. The highest BCUT2D eigenvalue weighted by molar-refractivity contribution is 7.97. The largest absolute Gasteiger partial charge is 0.491 e. The molecule has 4 rings (SSSR count). The lowest BCUT2D eigenvalue weighted by molar-refractivity contribution is 0.242. The van der Waals surface area contributed by atoms with E-state index in [1.807, 2.05) is 74.2 Å². The average molecular weight is 532 g/mol. The molecule has 1 aromatic heterocycles. The number of hydrogen-bond acceptors (Lipinski definition) is 6. The Morgan fingerprint density at radius 3 is 2.57 bits per heavy atom. The summed E-state index contributed by atoms with van der Waals surface area (Å²) in [6.07, 6.45) is 2.00. The molecule has 0 radical (unpaired) electrons. The van der Waals surface area contributed by atoms with Gasteiger partial charge in [-0.25, -0.2) is 0 Å². The van der Waals surface area contributed by atoms with E-state index in [2.05, 4.69) is 34.3 Å². The minimum absolute atomic E-state index is 0.0310. The van der Waals surface area contributed by atoms with Gasteiger partial charge in [-0.1, -0.05) is 41.7 Å². The van der Waals surface area contributed by atoms with Crippen LogP contribution in [-0.2, 0) is 6.54 Å². The van der Waals surface area contributed by atoms with E-state index < -0.39 is 0 Å². The van der Waals surface area contributed by atoms with Gasteiger partial charge in [0.05, 0.1) is 30.0 Å². The number of hydrogen-bond donors (Lipinski definition) is 2. The van der Waals surface area contributed by atoms with Crippen LogP contribution in [0.2, 0.25) is 5.02 Å². The van der Waals surface area contributed by atoms with Crippen LogP contribution < -0.4 is 14.8 Å². The molecule has 2 N–H and O–H groups in total. The van der Waals surface area contributed by atoms with Gasteiger partial charge in [0.25, 0.3) is 0 Å². The molecule has 0 unspecified atom stereocenters. The molecule has 0 aliphatic carbocycles. The van der Waals surface area contributed by atoms with Crippen molar-refractivity contribution in [3.8, 4) is 34.2 Å². The molecule has 0 bridgehead atoms. The second kappa shape index (κ2) is 12.7. The monoisotopic (exact) mass is 531 g/mol. The fourth-order valence-electron chi connectivity index (χ4n) is 4.01. The zero-order chi connectivity index (χ0) is 26.2. The van der Waals surface area contributed by atoms with E-state index >= 15 is 0 Å². The van der Waals surface area contributed by atoms with Gasteiger partial charge in [0.2, 0.25) is 0 Å². The lowest BCUT2D eigenvalue weighted by atomic mass is 10.00. The first kappa shape index (κ1) is 26.6. The summed E-state index contributed by atoms with van der Waals surface area (Å²) >= 11 is 7.77. The molecule has 8 heteroatoms. The molecule has 37 heavy (non-hydrogen) atoms. The van der Waals surface area contributed by atoms with Crippen molar-refractivity contribution in [2.75, 3.05) is 24.7 Å². The summed E-state index contributed by atoms with van der Waals surface area (Å²) in [5, 5.41) is 18.6. The molecule has 4 aromatic rings. The maximum atomic E-state index is 9.46. The van der Waals surface area contributed by atoms with Gasteiger partial charge in [0.15, 0.2) is 0 Å². The number of anilines is 1. The molecule has 0 fully saturated rings. The molecule has 0 atom stereocenters. The molecule has 6 nitrogen and oxygen atoms in total.